The Morgan fingerprint density at radius 2 is 0.818 bits per heavy atom. The molecular weight excluding hydrogens is 1240 g/mol. The molecule has 6 aromatic rings. The molecule has 0 saturated carbocycles. The second-order valence-corrected chi connectivity index (χ2v) is 27.1. The first-order valence-corrected chi connectivity index (χ1v) is 35.4. The van der Waals surface area contributed by atoms with Crippen LogP contribution >= 0.6 is 35.0 Å². The Hall–Kier alpha value is -7.20. The van der Waals surface area contributed by atoms with Crippen molar-refractivity contribution in [2.45, 2.75) is 86.9 Å². The number of nitrogens with zero attached hydrogens (tertiary/aromatic N) is 1. The van der Waals surface area contributed by atoms with Gasteiger partial charge in [0.15, 0.2) is 0 Å². The minimum absolute atomic E-state index is 0. The molecule has 6 aromatic carbocycles. The molecule has 0 saturated heterocycles. The largest absolute Gasteiger partial charge is 0.513 e. The van der Waals surface area contributed by atoms with Crippen molar-refractivity contribution >= 4 is 68.4 Å². The number of nitro groups is 1. The number of thioether (sulfide) groups is 1. The summed E-state index contributed by atoms with van der Waals surface area (Å²) in [5.74, 6) is -0.0903. The molecule has 0 bridgehead atoms. The summed E-state index contributed by atoms with van der Waals surface area (Å²) >= 11 is 1.58. The number of carbonyl (C=O) groups is 3. The fourth-order valence-electron chi connectivity index (χ4n) is 7.10. The third-order valence-electron chi connectivity index (χ3n) is 11.3. The van der Waals surface area contributed by atoms with Crippen molar-refractivity contribution in [3.63, 3.8) is 0 Å². The highest BCUT2D eigenvalue weighted by Crippen LogP contribution is 2.48. The van der Waals surface area contributed by atoms with Crippen molar-refractivity contribution in [1.29, 1.82) is 0 Å². The highest BCUT2D eigenvalue weighted by Gasteiger charge is 2.39. The van der Waals surface area contributed by atoms with Gasteiger partial charge in [-0.3, -0.25) is 24.5 Å². The number of hydrogen-bond donors (Lipinski definition) is 3. The maximum atomic E-state index is 13.6. The summed E-state index contributed by atoms with van der Waals surface area (Å²) in [6.07, 6.45) is 3.12. The van der Waals surface area contributed by atoms with Gasteiger partial charge in [0, 0.05) is 18.4 Å². The molecule has 6 atom stereocenters. The Kier molecular flexibility index (Phi) is 32.1. The van der Waals surface area contributed by atoms with Gasteiger partial charge in [-0.25, -0.2) is 22.1 Å². The first-order chi connectivity index (χ1) is 41.3. The molecule has 0 radical (unpaired) electrons. The maximum absolute atomic E-state index is 13.6. The Labute approximate surface area is 520 Å². The van der Waals surface area contributed by atoms with Crippen molar-refractivity contribution in [3.8, 4) is 34.5 Å². The average Bonchev–Trinajstić information content (AvgIpc) is 3.45. The van der Waals surface area contributed by atoms with Gasteiger partial charge in [-0.15, -0.1) is 0 Å². The van der Waals surface area contributed by atoms with E-state index in [1.165, 1.54) is 24.3 Å². The van der Waals surface area contributed by atoms with Crippen LogP contribution in [0.1, 0.15) is 66.0 Å². The summed E-state index contributed by atoms with van der Waals surface area (Å²) in [6.45, 7) is 13.0. The molecule has 3 unspecified atom stereocenters. The zero-order chi connectivity index (χ0) is 64.0. The summed E-state index contributed by atoms with van der Waals surface area (Å²) in [5, 5.41) is 18.9. The number of rotatable bonds is 32. The third kappa shape index (κ3) is 27.9. The molecule has 6 rings (SSSR count). The number of esters is 3. The van der Waals surface area contributed by atoms with E-state index >= 15 is 0 Å². The summed E-state index contributed by atoms with van der Waals surface area (Å²) < 4.78 is 113. The van der Waals surface area contributed by atoms with Crippen molar-refractivity contribution in [3.05, 3.63) is 185 Å². The minimum atomic E-state index is -4.33. The average molecular weight is 1320 g/mol. The normalized spacial score (nSPS) is 13.9. The number of non-ortho nitro benzene ring substituents is 1. The predicted molar refractivity (Wildman–Crippen MR) is 341 cm³/mol. The van der Waals surface area contributed by atoms with Crippen molar-refractivity contribution in [1.82, 2.24) is 15.3 Å². The molecule has 0 heterocycles. The molecule has 23 nitrogen and oxygen atoms in total. The molecule has 88 heavy (non-hydrogen) atoms. The number of sulfone groups is 1. The van der Waals surface area contributed by atoms with Crippen LogP contribution in [0.15, 0.2) is 164 Å². The lowest BCUT2D eigenvalue weighted by atomic mass is 10.1. The lowest BCUT2D eigenvalue weighted by molar-refractivity contribution is -0.384. The van der Waals surface area contributed by atoms with Crippen LogP contribution in [-0.2, 0) is 52.1 Å². The van der Waals surface area contributed by atoms with Gasteiger partial charge in [0.1, 0.15) is 62.5 Å². The van der Waals surface area contributed by atoms with Gasteiger partial charge >= 0.3 is 41.1 Å². The molecule has 0 aliphatic carbocycles. The number of benzene rings is 6. The van der Waals surface area contributed by atoms with Gasteiger partial charge < -0.3 is 41.4 Å². The Morgan fingerprint density at radius 3 is 1.12 bits per heavy atom. The van der Waals surface area contributed by atoms with E-state index in [4.69, 9.17) is 41.4 Å². The van der Waals surface area contributed by atoms with Crippen LogP contribution in [0.5, 0.6) is 34.5 Å². The van der Waals surface area contributed by atoms with Crippen LogP contribution in [0.4, 0.5) is 5.69 Å². The Balaban J connectivity index is 0.000000345. The monoisotopic (exact) mass is 1320 g/mol. The lowest BCUT2D eigenvalue weighted by Gasteiger charge is -2.26. The first kappa shape index (κ1) is 75.1. The Morgan fingerprint density at radius 1 is 0.511 bits per heavy atom. The zero-order valence-corrected chi connectivity index (χ0v) is 54.0. The summed E-state index contributed by atoms with van der Waals surface area (Å²) in [6, 6.07) is 41.3. The fraction of sp³-hybridized carbons (Fsp3) is 0.350. The lowest BCUT2D eigenvalue weighted by Crippen LogP contribution is -2.42. The molecule has 0 aromatic heterocycles. The molecule has 3 N–H and O–H groups in total. The van der Waals surface area contributed by atoms with Crippen molar-refractivity contribution in [2.24, 2.45) is 5.92 Å². The van der Waals surface area contributed by atoms with Crippen LogP contribution in [-0.4, -0.2) is 93.2 Å². The van der Waals surface area contributed by atoms with E-state index in [1.807, 2.05) is 70.3 Å². The molecular formula is C60H79N4O19P3S2. The van der Waals surface area contributed by atoms with E-state index in [2.05, 4.69) is 15.3 Å². The molecule has 0 aliphatic heterocycles. The maximum Gasteiger partial charge on any atom is 0.513 e. The van der Waals surface area contributed by atoms with Gasteiger partial charge in [-0.1, -0.05) is 111 Å². The standard InChI is InChI=1S/C20H26NO5PS.C20H26NO5P.C19H23N2O9PS.CH4/c1-4-24-20(22)19(14-15-28-3)21-27(23,25-17-8-6-5-7-9-17)26-18-12-10-16(2)11-13-18;1-5-24-20(22)19(15(2)3)21-27(23,25-17-9-7-6-8-10-17)26-18-13-11-16(4)12-14-18;1-3-28-19(22)18(13-14-32(2,26)27)20-31(25,29-16-7-5-4-6-8-16)30-17-11-9-15(10-12-17)21(23)24;/h5-13,19H,4,14-15H2,1-3H3,(H,21,23);6-15,19H,5H2,1-4H3,(H,21,23);4-12,18H,3,13-14H2,1-2H3,(H,20,25);1H4/t2*19-,27?;18-,31?;/m000./s1. The van der Waals surface area contributed by atoms with Gasteiger partial charge in [0.25, 0.3) is 5.69 Å². The number of nitro benzene ring substituents is 1. The number of ether oxygens (including phenoxy) is 3. The SMILES string of the molecule is C.CCOC(=O)[C@@H](NP(=O)(Oc1ccccc1)Oc1ccc(C)cc1)C(C)C.CCOC(=O)[C@H](CCS(C)(=O)=O)NP(=O)(Oc1ccccc1)Oc1ccc([N+](=O)[O-])cc1.CCOC(=O)[C@H](CCSC)NP(=O)(Oc1ccccc1)Oc1ccc(C)cc1. The molecule has 0 fully saturated rings. The zero-order valence-electron chi connectivity index (χ0n) is 49.7. The number of aryl methyl sites for hydroxylation is 2. The topological polar surface area (TPSA) is 299 Å². The van der Waals surface area contributed by atoms with Crippen LogP contribution < -0.4 is 42.4 Å². The van der Waals surface area contributed by atoms with E-state index in [9.17, 15) is 46.6 Å². The predicted octanol–water partition coefficient (Wildman–Crippen LogP) is 13.3. The van der Waals surface area contributed by atoms with E-state index < -0.39 is 74.0 Å². The smallest absolute Gasteiger partial charge is 0.465 e. The molecule has 0 aliphatic rings. The number of nitrogens with one attached hydrogen (secondary N) is 3. The third-order valence-corrected chi connectivity index (χ3v) is 17.5. The second kappa shape index (κ2) is 37.6. The van der Waals surface area contributed by atoms with Crippen molar-refractivity contribution < 1.29 is 82.8 Å². The van der Waals surface area contributed by atoms with Gasteiger partial charge in [0.05, 0.1) is 30.5 Å². The van der Waals surface area contributed by atoms with Crippen LogP contribution in [0.25, 0.3) is 0 Å². The first-order valence-electron chi connectivity index (χ1n) is 27.3. The van der Waals surface area contributed by atoms with E-state index in [1.54, 1.807) is 124 Å². The molecule has 0 amide bonds. The van der Waals surface area contributed by atoms with Crippen LogP contribution in [0.2, 0.25) is 0 Å². The number of para-hydroxylation sites is 3. The second-order valence-electron chi connectivity index (χ2n) is 19.0. The van der Waals surface area contributed by atoms with E-state index in [0.29, 0.717) is 35.2 Å². The number of hydrogen-bond acceptors (Lipinski definition) is 20. The molecule has 480 valence electrons. The van der Waals surface area contributed by atoms with E-state index in [-0.39, 0.29) is 62.5 Å². The van der Waals surface area contributed by atoms with Gasteiger partial charge in [-0.2, -0.15) is 27.0 Å². The van der Waals surface area contributed by atoms with Crippen molar-refractivity contribution in [2.75, 3.05) is 43.8 Å². The van der Waals surface area contributed by atoms with Crippen LogP contribution in [0.3, 0.4) is 0 Å². The highest BCUT2D eigenvalue weighted by molar-refractivity contribution is 7.98. The number of carbonyl (C=O) groups excluding carboxylic acids is 3. The minimum Gasteiger partial charge on any atom is -0.465 e. The van der Waals surface area contributed by atoms with Gasteiger partial charge in [0.2, 0.25) is 0 Å². The summed E-state index contributed by atoms with van der Waals surface area (Å²) in [5.41, 5.74) is 1.88. The highest BCUT2D eigenvalue weighted by atomic mass is 32.2. The summed E-state index contributed by atoms with van der Waals surface area (Å²) in [7, 11) is -15.6. The summed E-state index contributed by atoms with van der Waals surface area (Å²) in [4.78, 5) is 47.3. The van der Waals surface area contributed by atoms with E-state index in [0.717, 1.165) is 29.5 Å². The van der Waals surface area contributed by atoms with Crippen LogP contribution in [0, 0.1) is 29.9 Å². The quantitative estimate of drug-likeness (QED) is 0.0116. The fourth-order valence-corrected chi connectivity index (χ4v) is 13.0. The molecule has 0 spiro atoms. The van der Waals surface area contributed by atoms with Gasteiger partial charge in [-0.05, 0) is 138 Å². The molecule has 28 heteroatoms. The Bertz CT molecular complexity index is 3340.